The zero-order valence-electron chi connectivity index (χ0n) is 6.70. The molecule has 1 atom stereocenters. The van der Waals surface area contributed by atoms with Gasteiger partial charge in [0.05, 0.1) is 13.2 Å². The highest BCUT2D eigenvalue weighted by Gasteiger charge is 2.16. The average Bonchev–Trinajstić information content (AvgIpc) is 2.52. The Bertz CT molecular complexity index is 298. The Morgan fingerprint density at radius 1 is 1.77 bits per heavy atom. The van der Waals surface area contributed by atoms with E-state index in [2.05, 4.69) is 4.98 Å². The van der Waals surface area contributed by atoms with Gasteiger partial charge in [-0.3, -0.25) is 0 Å². The molecule has 0 saturated carbocycles. The Kier molecular flexibility index (Phi) is 2.93. The van der Waals surface area contributed by atoms with Gasteiger partial charge in [0.1, 0.15) is 18.5 Å². The van der Waals surface area contributed by atoms with Crippen molar-refractivity contribution < 1.29 is 15.1 Å². The predicted molar refractivity (Wildman–Crippen MR) is 42.0 cm³/mol. The van der Waals surface area contributed by atoms with E-state index in [9.17, 15) is 10.1 Å². The molecule has 2 N–H and O–H groups in total. The van der Waals surface area contributed by atoms with Gasteiger partial charge in [-0.1, -0.05) is 4.98 Å². The maximum Gasteiger partial charge on any atom is 0.434 e. The first-order valence-corrected chi connectivity index (χ1v) is 3.59. The molecule has 0 unspecified atom stereocenters. The van der Waals surface area contributed by atoms with E-state index in [0.29, 0.717) is 0 Å². The molecule has 7 nitrogen and oxygen atoms in total. The molecule has 0 amide bonds. The van der Waals surface area contributed by atoms with Crippen LogP contribution >= 0.6 is 0 Å². The second kappa shape index (κ2) is 3.97. The number of aliphatic hydroxyl groups excluding tert-OH is 2. The fourth-order valence-electron chi connectivity index (χ4n) is 0.901. The number of imidazole rings is 1. The molecule has 0 saturated heterocycles. The molecule has 1 rings (SSSR count). The van der Waals surface area contributed by atoms with Gasteiger partial charge in [0.2, 0.25) is 0 Å². The Morgan fingerprint density at radius 2 is 2.46 bits per heavy atom. The van der Waals surface area contributed by atoms with E-state index >= 15 is 0 Å². The molecule has 1 heterocycles. The molecular weight excluding hydrogens is 180 g/mol. The van der Waals surface area contributed by atoms with Crippen LogP contribution in [0.2, 0.25) is 0 Å². The van der Waals surface area contributed by atoms with Crippen LogP contribution in [-0.2, 0) is 6.54 Å². The van der Waals surface area contributed by atoms with Gasteiger partial charge < -0.3 is 20.3 Å². The van der Waals surface area contributed by atoms with Crippen LogP contribution in [0.3, 0.4) is 0 Å². The second-order valence-electron chi connectivity index (χ2n) is 2.47. The van der Waals surface area contributed by atoms with Crippen molar-refractivity contribution in [3.05, 3.63) is 22.5 Å². The van der Waals surface area contributed by atoms with E-state index in [1.165, 1.54) is 17.0 Å². The average molecular weight is 189 g/mol. The number of rotatable bonds is 4. The molecule has 0 aliphatic carbocycles. The first-order chi connectivity index (χ1) is 6.15. The van der Waals surface area contributed by atoms with Gasteiger partial charge in [-0.25, -0.2) is 4.57 Å². The summed E-state index contributed by atoms with van der Waals surface area (Å²) in [6, 6.07) is 0. The molecule has 0 bridgehead atoms. The van der Waals surface area contributed by atoms with E-state index in [0.717, 1.165) is 0 Å². The lowest BCUT2D eigenvalue weighted by molar-refractivity contribution is -0.397. The highest BCUT2D eigenvalue weighted by molar-refractivity contribution is 5.06. The summed E-state index contributed by atoms with van der Waals surface area (Å²) >= 11 is 0. The van der Waals surface area contributed by atoms with Gasteiger partial charge in [-0.2, -0.15) is 0 Å². The highest BCUT2D eigenvalue weighted by Crippen LogP contribution is 2.07. The molecule has 0 aromatic carbocycles. The number of aliphatic hydroxyl groups is 2. The molecule has 0 spiro atoms. The molecular formula is C6H9N3O4. The molecule has 72 valence electrons. The van der Waals surface area contributed by atoms with Crippen molar-refractivity contribution in [3.8, 4) is 0 Å². The van der Waals surface area contributed by atoms with Crippen LogP contribution in [0.4, 0.5) is 5.95 Å². The van der Waals surface area contributed by atoms with E-state index in [4.69, 9.17) is 10.2 Å². The summed E-state index contributed by atoms with van der Waals surface area (Å²) in [7, 11) is 0. The Balaban J connectivity index is 2.76. The Morgan fingerprint density at radius 3 is 3.00 bits per heavy atom. The maximum absolute atomic E-state index is 10.3. The molecule has 1 aromatic rings. The minimum absolute atomic E-state index is 0.0349. The predicted octanol–water partition coefficient (Wildman–Crippen LogP) is -0.856. The largest absolute Gasteiger partial charge is 0.434 e. The number of aromatic nitrogens is 2. The fourth-order valence-corrected chi connectivity index (χ4v) is 0.901. The first-order valence-electron chi connectivity index (χ1n) is 3.59. The minimum atomic E-state index is -1.01. The van der Waals surface area contributed by atoms with Crippen molar-refractivity contribution in [2.24, 2.45) is 0 Å². The second-order valence-corrected chi connectivity index (χ2v) is 2.47. The Labute approximate surface area is 73.4 Å². The third-order valence-electron chi connectivity index (χ3n) is 1.48. The summed E-state index contributed by atoms with van der Waals surface area (Å²) in [5, 5.41) is 27.9. The van der Waals surface area contributed by atoms with Crippen LogP contribution in [0.15, 0.2) is 12.4 Å². The number of hydrogen-bond donors (Lipinski definition) is 2. The van der Waals surface area contributed by atoms with Gasteiger partial charge in [-0.05, 0) is 4.92 Å². The quantitative estimate of drug-likeness (QED) is 0.474. The zero-order valence-corrected chi connectivity index (χ0v) is 6.70. The molecule has 1 aromatic heterocycles. The molecule has 0 aliphatic heterocycles. The van der Waals surface area contributed by atoms with Crippen molar-refractivity contribution in [2.75, 3.05) is 6.61 Å². The third-order valence-corrected chi connectivity index (χ3v) is 1.48. The highest BCUT2D eigenvalue weighted by atomic mass is 16.6. The summed E-state index contributed by atoms with van der Waals surface area (Å²) in [6.45, 7) is -0.470. The van der Waals surface area contributed by atoms with Gasteiger partial charge in [0.25, 0.3) is 0 Å². The minimum Gasteiger partial charge on any atom is -0.394 e. The van der Waals surface area contributed by atoms with Gasteiger partial charge in [-0.15, -0.1) is 0 Å². The van der Waals surface area contributed by atoms with E-state index in [1.807, 2.05) is 0 Å². The Hall–Kier alpha value is -1.47. The van der Waals surface area contributed by atoms with Gasteiger partial charge in [0.15, 0.2) is 0 Å². The van der Waals surface area contributed by atoms with Crippen molar-refractivity contribution >= 4 is 5.95 Å². The zero-order chi connectivity index (χ0) is 9.84. The van der Waals surface area contributed by atoms with Crippen LogP contribution in [-0.4, -0.2) is 37.4 Å². The molecule has 0 aliphatic rings. The smallest absolute Gasteiger partial charge is 0.394 e. The van der Waals surface area contributed by atoms with E-state index < -0.39 is 17.6 Å². The fraction of sp³-hybridized carbons (Fsp3) is 0.500. The van der Waals surface area contributed by atoms with Crippen molar-refractivity contribution in [1.82, 2.24) is 9.55 Å². The van der Waals surface area contributed by atoms with E-state index in [-0.39, 0.29) is 12.5 Å². The standard InChI is InChI=1S/C6H9N3O4/c10-4-5(11)3-8-2-1-7-6(8)9(12)13/h1-2,5,10-11H,3-4H2/t5-/m1/s1/i5+2. The van der Waals surface area contributed by atoms with Crippen molar-refractivity contribution in [1.29, 1.82) is 0 Å². The molecule has 0 fully saturated rings. The van der Waals surface area contributed by atoms with Crippen LogP contribution < -0.4 is 0 Å². The van der Waals surface area contributed by atoms with Crippen LogP contribution in [0.5, 0.6) is 0 Å². The topological polar surface area (TPSA) is 101 Å². The first kappa shape index (κ1) is 9.62. The lowest BCUT2D eigenvalue weighted by atomic mass is 10.8. The van der Waals surface area contributed by atoms with Gasteiger partial charge in [0, 0.05) is 0 Å². The summed E-state index contributed by atoms with van der Waals surface area (Å²) in [6.07, 6.45) is 1.63. The van der Waals surface area contributed by atoms with Crippen LogP contribution in [0, 0.1) is 10.1 Å². The molecule has 0 radical (unpaired) electrons. The number of hydrogen-bond acceptors (Lipinski definition) is 5. The monoisotopic (exact) mass is 189 g/mol. The normalized spacial score (nSPS) is 12.8. The molecule has 7 heteroatoms. The lowest BCUT2D eigenvalue weighted by Crippen LogP contribution is -2.20. The maximum atomic E-state index is 10.3. The summed E-state index contributed by atoms with van der Waals surface area (Å²) < 4.78 is 1.17. The lowest BCUT2D eigenvalue weighted by Gasteiger charge is -2.05. The summed E-state index contributed by atoms with van der Waals surface area (Å²) in [4.78, 5) is 13.2. The summed E-state index contributed by atoms with van der Waals surface area (Å²) in [5.41, 5.74) is 0. The SMILES string of the molecule is O=[N+]([O-])c1nccn1C[14C@@H](O)CO. The number of nitro groups is 1. The third kappa shape index (κ3) is 2.23. The van der Waals surface area contributed by atoms with Crippen molar-refractivity contribution in [3.63, 3.8) is 0 Å². The van der Waals surface area contributed by atoms with Crippen LogP contribution in [0.1, 0.15) is 0 Å². The summed E-state index contributed by atoms with van der Waals surface area (Å²) in [5.74, 6) is -0.340. The van der Waals surface area contributed by atoms with E-state index in [1.54, 1.807) is 0 Å². The van der Waals surface area contributed by atoms with Crippen molar-refractivity contribution in [2.45, 2.75) is 12.6 Å². The van der Waals surface area contributed by atoms with Crippen LogP contribution in [0.25, 0.3) is 0 Å². The molecule has 13 heavy (non-hydrogen) atoms. The van der Waals surface area contributed by atoms with Gasteiger partial charge >= 0.3 is 5.95 Å². The number of nitrogens with zero attached hydrogens (tertiary/aromatic N) is 3.